The minimum Gasteiger partial charge on any atom is -0.436 e. The van der Waals surface area contributed by atoms with Crippen LogP contribution in [0.2, 0.25) is 0 Å². The summed E-state index contributed by atoms with van der Waals surface area (Å²) >= 11 is 0. The van der Waals surface area contributed by atoms with Gasteiger partial charge in [0, 0.05) is 6.54 Å². The maximum atomic E-state index is 13.7. The monoisotopic (exact) mass is 275 g/mol. The SMILES string of the molecule is CCCNc1ncc(F)c(Oc2ccccc2CC)n1. The lowest BCUT2D eigenvalue weighted by Gasteiger charge is -2.10. The Kier molecular flexibility index (Phi) is 4.87. The van der Waals surface area contributed by atoms with Gasteiger partial charge in [-0.1, -0.05) is 32.0 Å². The number of halogens is 1. The zero-order valence-corrected chi connectivity index (χ0v) is 11.7. The fourth-order valence-corrected chi connectivity index (χ4v) is 1.74. The van der Waals surface area contributed by atoms with Gasteiger partial charge in [0.2, 0.25) is 11.8 Å². The molecule has 1 heterocycles. The van der Waals surface area contributed by atoms with E-state index >= 15 is 0 Å². The minimum absolute atomic E-state index is 0.0560. The van der Waals surface area contributed by atoms with Gasteiger partial charge in [-0.15, -0.1) is 0 Å². The van der Waals surface area contributed by atoms with Crippen molar-refractivity contribution in [3.63, 3.8) is 0 Å². The Morgan fingerprint density at radius 2 is 2.05 bits per heavy atom. The summed E-state index contributed by atoms with van der Waals surface area (Å²) in [5, 5.41) is 3.01. The lowest BCUT2D eigenvalue weighted by Crippen LogP contribution is -2.06. The maximum Gasteiger partial charge on any atom is 0.260 e. The zero-order chi connectivity index (χ0) is 14.4. The molecule has 2 aromatic rings. The molecular formula is C15H18FN3O. The number of hydrogen-bond acceptors (Lipinski definition) is 4. The first-order valence-electron chi connectivity index (χ1n) is 6.76. The van der Waals surface area contributed by atoms with Crippen LogP contribution in [0.25, 0.3) is 0 Å². The zero-order valence-electron chi connectivity index (χ0n) is 11.7. The van der Waals surface area contributed by atoms with Gasteiger partial charge in [0.05, 0.1) is 6.20 Å². The predicted molar refractivity (Wildman–Crippen MR) is 76.7 cm³/mol. The summed E-state index contributed by atoms with van der Waals surface area (Å²) in [6.07, 6.45) is 2.87. The number of aryl methyl sites for hydroxylation is 1. The topological polar surface area (TPSA) is 47.0 Å². The van der Waals surface area contributed by atoms with Crippen LogP contribution in [0, 0.1) is 5.82 Å². The summed E-state index contributed by atoms with van der Waals surface area (Å²) in [6.45, 7) is 4.79. The van der Waals surface area contributed by atoms with Crippen LogP contribution in [0.3, 0.4) is 0 Å². The van der Waals surface area contributed by atoms with E-state index in [2.05, 4.69) is 15.3 Å². The van der Waals surface area contributed by atoms with E-state index in [1.165, 1.54) is 0 Å². The third-order valence-corrected chi connectivity index (χ3v) is 2.81. The molecule has 1 N–H and O–H groups in total. The summed E-state index contributed by atoms with van der Waals surface area (Å²) in [7, 11) is 0. The molecule has 0 aliphatic rings. The van der Waals surface area contributed by atoms with Crippen molar-refractivity contribution in [3.05, 3.63) is 41.8 Å². The summed E-state index contributed by atoms with van der Waals surface area (Å²) in [5.74, 6) is 0.365. The molecule has 0 unspecified atom stereocenters. The molecule has 0 aliphatic heterocycles. The lowest BCUT2D eigenvalue weighted by molar-refractivity contribution is 0.417. The van der Waals surface area contributed by atoms with E-state index in [0.29, 0.717) is 11.7 Å². The molecule has 0 bridgehead atoms. The van der Waals surface area contributed by atoms with Gasteiger partial charge >= 0.3 is 0 Å². The number of aromatic nitrogens is 2. The Morgan fingerprint density at radius 3 is 2.80 bits per heavy atom. The van der Waals surface area contributed by atoms with Gasteiger partial charge in [0.1, 0.15) is 5.75 Å². The molecule has 1 aromatic heterocycles. The second kappa shape index (κ2) is 6.84. The predicted octanol–water partition coefficient (Wildman–Crippen LogP) is 3.79. The minimum atomic E-state index is -0.571. The van der Waals surface area contributed by atoms with Gasteiger partial charge in [-0.25, -0.2) is 4.98 Å². The number of anilines is 1. The second-order valence-corrected chi connectivity index (χ2v) is 4.34. The van der Waals surface area contributed by atoms with Gasteiger partial charge in [0.15, 0.2) is 0 Å². The molecule has 0 amide bonds. The number of para-hydroxylation sites is 1. The highest BCUT2D eigenvalue weighted by Gasteiger charge is 2.11. The first-order chi connectivity index (χ1) is 9.74. The standard InChI is InChI=1S/C15H18FN3O/c1-3-9-17-15-18-10-12(16)14(19-15)20-13-8-6-5-7-11(13)4-2/h5-8,10H,3-4,9H2,1-2H3,(H,17,18,19). The van der Waals surface area contributed by atoms with Gasteiger partial charge in [-0.3, -0.25) is 0 Å². The number of rotatable bonds is 6. The molecule has 0 fully saturated rings. The van der Waals surface area contributed by atoms with Crippen LogP contribution in [0.5, 0.6) is 11.6 Å². The Hall–Kier alpha value is -2.17. The maximum absolute atomic E-state index is 13.7. The summed E-state index contributed by atoms with van der Waals surface area (Å²) in [6, 6.07) is 7.53. The fraction of sp³-hybridized carbons (Fsp3) is 0.333. The highest BCUT2D eigenvalue weighted by Crippen LogP contribution is 2.26. The molecule has 106 valence electrons. The van der Waals surface area contributed by atoms with Crippen LogP contribution < -0.4 is 10.1 Å². The molecule has 0 saturated heterocycles. The van der Waals surface area contributed by atoms with Gasteiger partial charge in [0.25, 0.3) is 5.88 Å². The Bertz CT molecular complexity index is 575. The van der Waals surface area contributed by atoms with Crippen LogP contribution in [0.1, 0.15) is 25.8 Å². The van der Waals surface area contributed by atoms with Crippen LogP contribution in [-0.2, 0) is 6.42 Å². The number of nitrogens with zero attached hydrogens (tertiary/aromatic N) is 2. The molecule has 4 nitrogen and oxygen atoms in total. The summed E-state index contributed by atoms with van der Waals surface area (Å²) < 4.78 is 19.3. The number of ether oxygens (including phenoxy) is 1. The van der Waals surface area contributed by atoms with E-state index in [9.17, 15) is 4.39 Å². The van der Waals surface area contributed by atoms with E-state index in [-0.39, 0.29) is 5.88 Å². The van der Waals surface area contributed by atoms with E-state index in [0.717, 1.165) is 31.1 Å². The molecule has 0 spiro atoms. The molecule has 0 atom stereocenters. The van der Waals surface area contributed by atoms with Crippen LogP contribution in [0.15, 0.2) is 30.5 Å². The molecule has 5 heteroatoms. The average Bonchev–Trinajstić information content (AvgIpc) is 2.48. The quantitative estimate of drug-likeness (QED) is 0.871. The van der Waals surface area contributed by atoms with Crippen LogP contribution in [0.4, 0.5) is 10.3 Å². The van der Waals surface area contributed by atoms with Crippen molar-refractivity contribution in [2.45, 2.75) is 26.7 Å². The summed E-state index contributed by atoms with van der Waals surface area (Å²) in [4.78, 5) is 7.94. The molecule has 0 saturated carbocycles. The third-order valence-electron chi connectivity index (χ3n) is 2.81. The van der Waals surface area contributed by atoms with Crippen LogP contribution in [-0.4, -0.2) is 16.5 Å². The third kappa shape index (κ3) is 3.44. The van der Waals surface area contributed by atoms with Crippen molar-refractivity contribution in [2.24, 2.45) is 0 Å². The normalized spacial score (nSPS) is 10.3. The van der Waals surface area contributed by atoms with Gasteiger partial charge < -0.3 is 10.1 Å². The summed E-state index contributed by atoms with van der Waals surface area (Å²) in [5.41, 5.74) is 1.01. The highest BCUT2D eigenvalue weighted by atomic mass is 19.1. The molecule has 0 aliphatic carbocycles. The molecule has 0 radical (unpaired) electrons. The Balaban J connectivity index is 2.23. The molecule has 2 rings (SSSR count). The molecule has 20 heavy (non-hydrogen) atoms. The van der Waals surface area contributed by atoms with Crippen molar-refractivity contribution >= 4 is 5.95 Å². The number of nitrogens with one attached hydrogen (secondary N) is 1. The second-order valence-electron chi connectivity index (χ2n) is 4.34. The first-order valence-corrected chi connectivity index (χ1v) is 6.76. The van der Waals surface area contributed by atoms with Crippen molar-refractivity contribution in [1.82, 2.24) is 9.97 Å². The van der Waals surface area contributed by atoms with E-state index < -0.39 is 5.82 Å². The largest absolute Gasteiger partial charge is 0.436 e. The van der Waals surface area contributed by atoms with Gasteiger partial charge in [-0.2, -0.15) is 9.37 Å². The Labute approximate surface area is 118 Å². The molecular weight excluding hydrogens is 257 g/mol. The Morgan fingerprint density at radius 1 is 1.25 bits per heavy atom. The highest BCUT2D eigenvalue weighted by molar-refractivity contribution is 5.37. The lowest BCUT2D eigenvalue weighted by atomic mass is 10.1. The van der Waals surface area contributed by atoms with Crippen molar-refractivity contribution < 1.29 is 9.13 Å². The van der Waals surface area contributed by atoms with E-state index in [1.54, 1.807) is 6.07 Å². The van der Waals surface area contributed by atoms with E-state index in [1.807, 2.05) is 32.0 Å². The van der Waals surface area contributed by atoms with Gasteiger partial charge in [-0.05, 0) is 24.5 Å². The van der Waals surface area contributed by atoms with Crippen molar-refractivity contribution in [2.75, 3.05) is 11.9 Å². The first kappa shape index (κ1) is 14.2. The smallest absolute Gasteiger partial charge is 0.260 e. The van der Waals surface area contributed by atoms with Crippen molar-refractivity contribution in [1.29, 1.82) is 0 Å². The van der Waals surface area contributed by atoms with Crippen LogP contribution >= 0.6 is 0 Å². The number of hydrogen-bond donors (Lipinski definition) is 1. The molecule has 1 aromatic carbocycles. The number of benzene rings is 1. The van der Waals surface area contributed by atoms with Crippen molar-refractivity contribution in [3.8, 4) is 11.6 Å². The fourth-order valence-electron chi connectivity index (χ4n) is 1.74. The average molecular weight is 275 g/mol. The van der Waals surface area contributed by atoms with E-state index in [4.69, 9.17) is 4.74 Å².